The summed E-state index contributed by atoms with van der Waals surface area (Å²) < 4.78 is 11.5. The zero-order chi connectivity index (χ0) is 20.4. The number of carbonyl (C=O) groups excluding carboxylic acids is 1. The number of amides is 1. The summed E-state index contributed by atoms with van der Waals surface area (Å²) in [4.78, 5) is 17.0. The standard InChI is InChI=1S/C23H19ClN2O3/c1-14-12-18(9-10-19(14)24)28-15(2)22(27)25-17-8-11-21-20(13-17)26-23(29-21)16-6-4-3-5-7-16/h3-13,15H,1-2H3,(H,25,27)/t15-/m1/s1. The van der Waals surface area contributed by atoms with Crippen LogP contribution in [-0.4, -0.2) is 17.0 Å². The van der Waals surface area contributed by atoms with Gasteiger partial charge in [0.1, 0.15) is 11.3 Å². The molecule has 0 fully saturated rings. The van der Waals surface area contributed by atoms with Gasteiger partial charge in [-0.05, 0) is 67.9 Å². The Balaban J connectivity index is 1.48. The fourth-order valence-electron chi connectivity index (χ4n) is 2.90. The van der Waals surface area contributed by atoms with Gasteiger partial charge in [0.2, 0.25) is 5.89 Å². The Morgan fingerprint density at radius 1 is 1.10 bits per heavy atom. The molecule has 4 rings (SSSR count). The summed E-state index contributed by atoms with van der Waals surface area (Å²) in [6, 6.07) is 20.3. The molecule has 0 spiro atoms. The number of rotatable bonds is 5. The van der Waals surface area contributed by atoms with Gasteiger partial charge in [-0.2, -0.15) is 0 Å². The van der Waals surface area contributed by atoms with Gasteiger partial charge in [0.15, 0.2) is 11.7 Å². The van der Waals surface area contributed by atoms with Crippen molar-refractivity contribution in [2.24, 2.45) is 0 Å². The molecule has 6 heteroatoms. The van der Waals surface area contributed by atoms with Crippen molar-refractivity contribution in [1.82, 2.24) is 4.98 Å². The van der Waals surface area contributed by atoms with E-state index in [1.54, 1.807) is 43.3 Å². The van der Waals surface area contributed by atoms with E-state index in [9.17, 15) is 4.79 Å². The first-order chi connectivity index (χ1) is 14.0. The van der Waals surface area contributed by atoms with Crippen LogP contribution in [0, 0.1) is 6.92 Å². The van der Waals surface area contributed by atoms with E-state index >= 15 is 0 Å². The van der Waals surface area contributed by atoms with Gasteiger partial charge in [-0.1, -0.05) is 29.8 Å². The molecule has 0 unspecified atom stereocenters. The van der Waals surface area contributed by atoms with Crippen LogP contribution in [0.2, 0.25) is 5.02 Å². The smallest absolute Gasteiger partial charge is 0.265 e. The highest BCUT2D eigenvalue weighted by molar-refractivity contribution is 6.31. The van der Waals surface area contributed by atoms with Crippen LogP contribution in [0.5, 0.6) is 5.75 Å². The Morgan fingerprint density at radius 2 is 1.90 bits per heavy atom. The maximum Gasteiger partial charge on any atom is 0.265 e. The number of halogens is 1. The number of hydrogen-bond acceptors (Lipinski definition) is 4. The number of aromatic nitrogens is 1. The van der Waals surface area contributed by atoms with Crippen LogP contribution in [0.4, 0.5) is 5.69 Å². The van der Waals surface area contributed by atoms with Crippen LogP contribution in [0.25, 0.3) is 22.6 Å². The molecule has 0 saturated carbocycles. The lowest BCUT2D eigenvalue weighted by Gasteiger charge is -2.15. The van der Waals surface area contributed by atoms with Crippen molar-refractivity contribution >= 4 is 34.3 Å². The molecule has 1 atom stereocenters. The molecule has 1 amide bonds. The Morgan fingerprint density at radius 3 is 2.66 bits per heavy atom. The summed E-state index contributed by atoms with van der Waals surface area (Å²) in [7, 11) is 0. The second-order valence-corrected chi connectivity index (χ2v) is 7.14. The van der Waals surface area contributed by atoms with Gasteiger partial charge in [0.05, 0.1) is 0 Å². The number of oxazole rings is 1. The molecule has 0 saturated heterocycles. The quantitative estimate of drug-likeness (QED) is 0.450. The van der Waals surface area contributed by atoms with E-state index in [1.807, 2.05) is 37.3 Å². The Bertz CT molecular complexity index is 1170. The summed E-state index contributed by atoms with van der Waals surface area (Å²) in [5.41, 5.74) is 3.74. The highest BCUT2D eigenvalue weighted by Crippen LogP contribution is 2.26. The number of carbonyl (C=O) groups is 1. The normalized spacial score (nSPS) is 12.0. The van der Waals surface area contributed by atoms with E-state index in [-0.39, 0.29) is 5.91 Å². The molecule has 0 aliphatic heterocycles. The third-order valence-corrected chi connectivity index (χ3v) is 4.91. The number of fused-ring (bicyclic) bond motifs is 1. The summed E-state index contributed by atoms with van der Waals surface area (Å²) >= 11 is 6.03. The summed E-state index contributed by atoms with van der Waals surface area (Å²) in [6.07, 6.45) is -0.677. The van der Waals surface area contributed by atoms with E-state index in [1.165, 1.54) is 0 Å². The van der Waals surface area contributed by atoms with E-state index in [4.69, 9.17) is 20.8 Å². The topological polar surface area (TPSA) is 64.4 Å². The predicted molar refractivity (Wildman–Crippen MR) is 114 cm³/mol. The first-order valence-corrected chi connectivity index (χ1v) is 9.57. The SMILES string of the molecule is Cc1cc(O[C@H](C)C(=O)Nc2ccc3oc(-c4ccccc4)nc3c2)ccc1Cl. The van der Waals surface area contributed by atoms with Crippen LogP contribution in [0.3, 0.4) is 0 Å². The van der Waals surface area contributed by atoms with Crippen molar-refractivity contribution in [3.05, 3.63) is 77.3 Å². The van der Waals surface area contributed by atoms with Crippen LogP contribution in [-0.2, 0) is 4.79 Å². The minimum atomic E-state index is -0.677. The van der Waals surface area contributed by atoms with Gasteiger partial charge in [0, 0.05) is 16.3 Å². The third kappa shape index (κ3) is 4.25. The molecule has 0 bridgehead atoms. The van der Waals surface area contributed by atoms with E-state index in [2.05, 4.69) is 10.3 Å². The highest BCUT2D eigenvalue weighted by Gasteiger charge is 2.16. The van der Waals surface area contributed by atoms with E-state index < -0.39 is 6.10 Å². The lowest BCUT2D eigenvalue weighted by Crippen LogP contribution is -2.30. The fourth-order valence-corrected chi connectivity index (χ4v) is 3.02. The fraction of sp³-hybridized carbons (Fsp3) is 0.130. The van der Waals surface area contributed by atoms with Crippen molar-refractivity contribution in [3.8, 4) is 17.2 Å². The van der Waals surface area contributed by atoms with E-state index in [0.717, 1.165) is 11.1 Å². The number of nitrogens with zero attached hydrogens (tertiary/aromatic N) is 1. The van der Waals surface area contributed by atoms with Gasteiger partial charge in [-0.3, -0.25) is 4.79 Å². The van der Waals surface area contributed by atoms with Crippen LogP contribution < -0.4 is 10.1 Å². The van der Waals surface area contributed by atoms with Crippen molar-refractivity contribution in [3.63, 3.8) is 0 Å². The van der Waals surface area contributed by atoms with Crippen LogP contribution in [0.1, 0.15) is 12.5 Å². The second-order valence-electron chi connectivity index (χ2n) is 6.73. The average Bonchev–Trinajstić information content (AvgIpc) is 3.15. The molecule has 29 heavy (non-hydrogen) atoms. The summed E-state index contributed by atoms with van der Waals surface area (Å²) in [6.45, 7) is 3.58. The Hall–Kier alpha value is -3.31. The summed E-state index contributed by atoms with van der Waals surface area (Å²) in [5, 5.41) is 3.52. The molecule has 4 aromatic rings. The molecule has 146 valence electrons. The number of aryl methyl sites for hydroxylation is 1. The molecule has 0 aliphatic rings. The monoisotopic (exact) mass is 406 g/mol. The molecule has 3 aromatic carbocycles. The first-order valence-electron chi connectivity index (χ1n) is 9.19. The summed E-state index contributed by atoms with van der Waals surface area (Å²) in [5.74, 6) is 0.872. The molecular weight excluding hydrogens is 388 g/mol. The number of anilines is 1. The Kier molecular flexibility index (Phi) is 5.23. The van der Waals surface area contributed by atoms with Gasteiger partial charge in [-0.15, -0.1) is 0 Å². The zero-order valence-electron chi connectivity index (χ0n) is 16.0. The number of hydrogen-bond donors (Lipinski definition) is 1. The second kappa shape index (κ2) is 7.97. The van der Waals surface area contributed by atoms with Gasteiger partial charge < -0.3 is 14.5 Å². The maximum absolute atomic E-state index is 12.5. The molecular formula is C23H19ClN2O3. The van der Waals surface area contributed by atoms with Crippen molar-refractivity contribution in [2.45, 2.75) is 20.0 Å². The van der Waals surface area contributed by atoms with Crippen LogP contribution in [0.15, 0.2) is 71.1 Å². The number of nitrogens with one attached hydrogen (secondary N) is 1. The predicted octanol–water partition coefficient (Wildman–Crippen LogP) is 5.86. The average molecular weight is 407 g/mol. The molecule has 5 nitrogen and oxygen atoms in total. The molecule has 1 N–H and O–H groups in total. The highest BCUT2D eigenvalue weighted by atomic mass is 35.5. The van der Waals surface area contributed by atoms with Gasteiger partial charge in [0.25, 0.3) is 5.91 Å². The molecule has 0 radical (unpaired) electrons. The third-order valence-electron chi connectivity index (χ3n) is 4.49. The van der Waals surface area contributed by atoms with Crippen LogP contribution >= 0.6 is 11.6 Å². The van der Waals surface area contributed by atoms with Gasteiger partial charge >= 0.3 is 0 Å². The molecule has 1 heterocycles. The minimum absolute atomic E-state index is 0.260. The molecule has 1 aromatic heterocycles. The lowest BCUT2D eigenvalue weighted by atomic mass is 10.2. The van der Waals surface area contributed by atoms with Crippen molar-refractivity contribution in [2.75, 3.05) is 5.32 Å². The van der Waals surface area contributed by atoms with Gasteiger partial charge in [-0.25, -0.2) is 4.98 Å². The number of benzene rings is 3. The largest absolute Gasteiger partial charge is 0.481 e. The first kappa shape index (κ1) is 19.0. The minimum Gasteiger partial charge on any atom is -0.481 e. The Labute approximate surface area is 173 Å². The van der Waals surface area contributed by atoms with E-state index in [0.29, 0.717) is 33.4 Å². The zero-order valence-corrected chi connectivity index (χ0v) is 16.7. The maximum atomic E-state index is 12.5. The van der Waals surface area contributed by atoms with Crippen molar-refractivity contribution < 1.29 is 13.9 Å². The molecule has 0 aliphatic carbocycles. The number of ether oxygens (including phenoxy) is 1. The lowest BCUT2D eigenvalue weighted by molar-refractivity contribution is -0.122. The van der Waals surface area contributed by atoms with Crippen molar-refractivity contribution in [1.29, 1.82) is 0 Å².